The smallest absolute Gasteiger partial charge is 0.303 e. The van der Waals surface area contributed by atoms with Gasteiger partial charge < -0.3 is 23.7 Å². The van der Waals surface area contributed by atoms with Crippen molar-refractivity contribution in [3.05, 3.63) is 12.2 Å². The lowest BCUT2D eigenvalue weighted by molar-refractivity contribution is -0.247. The second-order valence-electron chi connectivity index (χ2n) is 4.89. The molecule has 0 spiro atoms. The molecule has 0 aliphatic carbocycles. The van der Waals surface area contributed by atoms with E-state index in [1.807, 2.05) is 20.8 Å². The fourth-order valence-electron chi connectivity index (χ4n) is 2.24. The Hall–Kier alpha value is -0.950. The van der Waals surface area contributed by atoms with Gasteiger partial charge in [0, 0.05) is 13.5 Å². The first-order valence-electron chi connectivity index (χ1n) is 6.94. The highest BCUT2D eigenvalue weighted by atomic mass is 16.8. The predicted octanol–water partition coefficient (Wildman–Crippen LogP) is 1.39. The molecule has 6 nitrogen and oxygen atoms in total. The zero-order valence-corrected chi connectivity index (χ0v) is 12.3. The van der Waals surface area contributed by atoms with Crippen molar-refractivity contribution < 1.29 is 28.5 Å². The van der Waals surface area contributed by atoms with Gasteiger partial charge >= 0.3 is 5.97 Å². The summed E-state index contributed by atoms with van der Waals surface area (Å²) in [5.41, 5.74) is 0. The number of hydrogen-bond acceptors (Lipinski definition) is 6. The third-order valence-corrected chi connectivity index (χ3v) is 3.18. The molecule has 6 atom stereocenters. The normalized spacial score (nSPS) is 37.5. The van der Waals surface area contributed by atoms with Crippen molar-refractivity contribution in [2.45, 2.75) is 64.7 Å². The lowest BCUT2D eigenvalue weighted by Crippen LogP contribution is -2.43. The molecule has 2 heterocycles. The van der Waals surface area contributed by atoms with Crippen LogP contribution in [-0.4, -0.2) is 49.6 Å². The SMILES string of the molecule is CCOC(C)O[C@H]1C=C[C@H](OC(C)=O)[C@H]([C@H]2O[C@@H]2C)O1. The summed E-state index contributed by atoms with van der Waals surface area (Å²) in [4.78, 5) is 11.1. The minimum Gasteiger partial charge on any atom is -0.455 e. The molecule has 1 unspecified atom stereocenters. The van der Waals surface area contributed by atoms with Gasteiger partial charge in [0.15, 0.2) is 12.6 Å². The van der Waals surface area contributed by atoms with Crippen LogP contribution in [0.5, 0.6) is 0 Å². The first-order valence-corrected chi connectivity index (χ1v) is 6.94. The van der Waals surface area contributed by atoms with Gasteiger partial charge in [0.1, 0.15) is 18.3 Å². The van der Waals surface area contributed by atoms with E-state index in [1.54, 1.807) is 12.2 Å². The van der Waals surface area contributed by atoms with Gasteiger partial charge in [0.05, 0.1) is 6.10 Å². The lowest BCUT2D eigenvalue weighted by atomic mass is 10.1. The van der Waals surface area contributed by atoms with Gasteiger partial charge in [0.25, 0.3) is 0 Å². The van der Waals surface area contributed by atoms with Crippen molar-refractivity contribution in [2.75, 3.05) is 6.61 Å². The third kappa shape index (κ3) is 4.02. The van der Waals surface area contributed by atoms with Gasteiger partial charge in [-0.05, 0) is 32.9 Å². The fourth-order valence-corrected chi connectivity index (χ4v) is 2.24. The molecular formula is C14H22O6. The first kappa shape index (κ1) is 15.4. The quantitative estimate of drug-likeness (QED) is 0.318. The lowest BCUT2D eigenvalue weighted by Gasteiger charge is -2.32. The predicted molar refractivity (Wildman–Crippen MR) is 69.9 cm³/mol. The summed E-state index contributed by atoms with van der Waals surface area (Å²) in [5.74, 6) is -0.344. The number of ether oxygens (including phenoxy) is 5. The van der Waals surface area contributed by atoms with Crippen LogP contribution in [0.2, 0.25) is 0 Å². The summed E-state index contributed by atoms with van der Waals surface area (Å²) in [6, 6.07) is 0. The molecule has 114 valence electrons. The average molecular weight is 286 g/mol. The van der Waals surface area contributed by atoms with E-state index in [4.69, 9.17) is 23.7 Å². The number of rotatable bonds is 6. The van der Waals surface area contributed by atoms with Crippen LogP contribution < -0.4 is 0 Å². The number of hydrogen-bond donors (Lipinski definition) is 0. The van der Waals surface area contributed by atoms with Crippen molar-refractivity contribution in [2.24, 2.45) is 0 Å². The van der Waals surface area contributed by atoms with Gasteiger partial charge in [0.2, 0.25) is 0 Å². The summed E-state index contributed by atoms with van der Waals surface area (Å²) >= 11 is 0. The maximum absolute atomic E-state index is 11.1. The molecule has 6 heteroatoms. The van der Waals surface area contributed by atoms with Crippen LogP contribution in [0.3, 0.4) is 0 Å². The van der Waals surface area contributed by atoms with Crippen molar-refractivity contribution in [3.8, 4) is 0 Å². The Morgan fingerprint density at radius 2 is 2.00 bits per heavy atom. The number of epoxide rings is 1. The maximum Gasteiger partial charge on any atom is 0.303 e. The molecule has 0 saturated carbocycles. The van der Waals surface area contributed by atoms with Crippen LogP contribution in [0.4, 0.5) is 0 Å². The molecule has 0 aromatic carbocycles. The molecule has 1 saturated heterocycles. The zero-order valence-electron chi connectivity index (χ0n) is 12.3. The van der Waals surface area contributed by atoms with E-state index in [-0.39, 0.29) is 30.6 Å². The van der Waals surface area contributed by atoms with Crippen molar-refractivity contribution >= 4 is 5.97 Å². The molecule has 0 aromatic rings. The van der Waals surface area contributed by atoms with E-state index in [0.29, 0.717) is 6.61 Å². The van der Waals surface area contributed by atoms with Crippen LogP contribution in [0.25, 0.3) is 0 Å². The van der Waals surface area contributed by atoms with E-state index in [1.165, 1.54) is 6.92 Å². The van der Waals surface area contributed by atoms with Crippen LogP contribution >= 0.6 is 0 Å². The van der Waals surface area contributed by atoms with Gasteiger partial charge in [-0.15, -0.1) is 0 Å². The standard InChI is InChI=1S/C14H22O6/c1-5-16-10(4)19-12-7-6-11(18-9(3)15)14(20-12)13-8(2)17-13/h6-8,10-14H,5H2,1-4H3/t8-,10?,11+,12-,13+,14-/m1/s1. The molecule has 1 fully saturated rings. The van der Waals surface area contributed by atoms with Crippen LogP contribution in [0, 0.1) is 0 Å². The summed E-state index contributed by atoms with van der Waals surface area (Å²) in [6.07, 6.45) is 1.87. The minimum absolute atomic E-state index is 0.0715. The Morgan fingerprint density at radius 1 is 1.30 bits per heavy atom. The summed E-state index contributed by atoms with van der Waals surface area (Å²) in [7, 11) is 0. The van der Waals surface area contributed by atoms with Gasteiger partial charge in [-0.25, -0.2) is 0 Å². The average Bonchev–Trinajstić information content (AvgIpc) is 3.08. The van der Waals surface area contributed by atoms with E-state index in [9.17, 15) is 4.79 Å². The largest absolute Gasteiger partial charge is 0.455 e. The topological polar surface area (TPSA) is 66.5 Å². The summed E-state index contributed by atoms with van der Waals surface area (Å²) in [6.45, 7) is 7.61. The number of carbonyl (C=O) groups is 1. The number of carbonyl (C=O) groups excluding carboxylic acids is 1. The van der Waals surface area contributed by atoms with Gasteiger partial charge in [-0.2, -0.15) is 0 Å². The Bertz CT molecular complexity index is 369. The Balaban J connectivity index is 1.96. The van der Waals surface area contributed by atoms with Crippen molar-refractivity contribution in [1.82, 2.24) is 0 Å². The highest BCUT2D eigenvalue weighted by Crippen LogP contribution is 2.33. The highest BCUT2D eigenvalue weighted by molar-refractivity contribution is 5.66. The Kier molecular flexibility index (Phi) is 5.15. The fraction of sp³-hybridized carbons (Fsp3) is 0.786. The Labute approximate surface area is 119 Å². The van der Waals surface area contributed by atoms with Gasteiger partial charge in [-0.1, -0.05) is 0 Å². The molecule has 2 rings (SSSR count). The second-order valence-corrected chi connectivity index (χ2v) is 4.89. The van der Waals surface area contributed by atoms with Crippen molar-refractivity contribution in [3.63, 3.8) is 0 Å². The molecular weight excluding hydrogens is 264 g/mol. The molecule has 0 aromatic heterocycles. The Morgan fingerprint density at radius 3 is 2.55 bits per heavy atom. The van der Waals surface area contributed by atoms with E-state index in [0.717, 1.165) is 0 Å². The van der Waals surface area contributed by atoms with Gasteiger partial charge in [-0.3, -0.25) is 4.79 Å². The summed E-state index contributed by atoms with van der Waals surface area (Å²) < 4.78 is 27.4. The second kappa shape index (κ2) is 6.67. The van der Waals surface area contributed by atoms with E-state index < -0.39 is 12.4 Å². The first-order chi connectivity index (χ1) is 9.51. The molecule has 2 aliphatic heterocycles. The van der Waals surface area contributed by atoms with E-state index in [2.05, 4.69) is 0 Å². The van der Waals surface area contributed by atoms with E-state index >= 15 is 0 Å². The minimum atomic E-state index is -0.523. The third-order valence-electron chi connectivity index (χ3n) is 3.18. The summed E-state index contributed by atoms with van der Waals surface area (Å²) in [5, 5.41) is 0. The van der Waals surface area contributed by atoms with Crippen LogP contribution in [0.1, 0.15) is 27.7 Å². The van der Waals surface area contributed by atoms with Crippen LogP contribution in [0.15, 0.2) is 12.2 Å². The maximum atomic E-state index is 11.1. The molecule has 0 amide bonds. The van der Waals surface area contributed by atoms with Crippen LogP contribution in [-0.2, 0) is 28.5 Å². The monoisotopic (exact) mass is 286 g/mol. The molecule has 0 bridgehead atoms. The highest BCUT2D eigenvalue weighted by Gasteiger charge is 2.48. The number of esters is 1. The zero-order chi connectivity index (χ0) is 14.7. The molecule has 0 N–H and O–H groups in total. The molecule has 2 aliphatic rings. The molecule has 0 radical (unpaired) electrons. The molecule has 20 heavy (non-hydrogen) atoms. The van der Waals surface area contributed by atoms with Crippen molar-refractivity contribution in [1.29, 1.82) is 0 Å².